The normalized spacial score (nSPS) is 13.3. The van der Waals surface area contributed by atoms with E-state index in [1.165, 1.54) is 72.2 Å². The van der Waals surface area contributed by atoms with Gasteiger partial charge < -0.3 is 24.8 Å². The Hall–Kier alpha value is -8.61. The second-order valence-corrected chi connectivity index (χ2v) is 19.4. The van der Waals surface area contributed by atoms with Crippen LogP contribution in [0.15, 0.2) is 218 Å². The van der Waals surface area contributed by atoms with Crippen LogP contribution >= 0.6 is 0 Å². The number of nitrogens with one attached hydrogen (secondary N) is 1. The zero-order chi connectivity index (χ0) is 47.3. The van der Waals surface area contributed by atoms with E-state index in [4.69, 9.17) is 4.74 Å². The zero-order valence-electron chi connectivity index (χ0n) is 39.8. The molecule has 0 saturated carbocycles. The van der Waals surface area contributed by atoms with Crippen LogP contribution in [0.1, 0.15) is 16.7 Å². The second kappa shape index (κ2) is 16.2. The van der Waals surface area contributed by atoms with Crippen molar-refractivity contribution in [1.82, 2.24) is 0 Å². The fourth-order valence-electron chi connectivity index (χ4n) is 11.9. The summed E-state index contributed by atoms with van der Waals surface area (Å²) in [4.78, 5) is 7.49. The molecule has 0 saturated heterocycles. The Morgan fingerprint density at radius 1 is 0.366 bits per heavy atom. The Bertz CT molecular complexity index is 3760. The second-order valence-electron chi connectivity index (χ2n) is 19.4. The molecular formula is C63H46B3N4O. The number of fused-ring (bicyclic) bond motifs is 8. The lowest BCUT2D eigenvalue weighted by atomic mass is 9.30. The summed E-state index contributed by atoms with van der Waals surface area (Å²) in [6, 6.07) is 79.9. The van der Waals surface area contributed by atoms with Gasteiger partial charge in [-0.25, -0.2) is 0 Å². The number of hydrogen-bond donors (Lipinski definition) is 1. The maximum absolute atomic E-state index is 7.23. The number of nitrogens with zero attached hydrogens (tertiary/aromatic N) is 3. The Labute approximate surface area is 417 Å². The summed E-state index contributed by atoms with van der Waals surface area (Å²) >= 11 is 0. The highest BCUT2D eigenvalue weighted by Crippen LogP contribution is 2.48. The third-order valence-corrected chi connectivity index (χ3v) is 15.0. The number of hydrogen-bond acceptors (Lipinski definition) is 5. The SMILES string of the molecule is Cc1cc2c3c(c1)N(c1ccccc1)c1cc4c(cc1B3c1ccccc1N2c1ccccc1)B1c2cc([B]c3ccccc3C)c(C)cc2Oc2cc(Nc3ccccc3)cc(c21)N4c1ccccc1. The van der Waals surface area contributed by atoms with E-state index in [0.29, 0.717) is 0 Å². The first-order valence-electron chi connectivity index (χ1n) is 24.6. The van der Waals surface area contributed by atoms with Crippen LogP contribution in [0.25, 0.3) is 0 Å². The zero-order valence-corrected chi connectivity index (χ0v) is 39.8. The summed E-state index contributed by atoms with van der Waals surface area (Å²) in [5.41, 5.74) is 25.8. The minimum atomic E-state index is -0.150. The van der Waals surface area contributed by atoms with Crippen molar-refractivity contribution in [2.75, 3.05) is 20.0 Å². The molecule has 0 aromatic heterocycles. The molecule has 0 spiro atoms. The van der Waals surface area contributed by atoms with Crippen molar-refractivity contribution in [2.24, 2.45) is 0 Å². The van der Waals surface area contributed by atoms with Gasteiger partial charge in [-0.3, -0.25) is 0 Å². The predicted molar refractivity (Wildman–Crippen MR) is 302 cm³/mol. The molecule has 1 N–H and O–H groups in total. The van der Waals surface area contributed by atoms with Crippen molar-refractivity contribution >= 4 is 127 Å². The van der Waals surface area contributed by atoms with Crippen LogP contribution in [-0.4, -0.2) is 20.7 Å². The first kappa shape index (κ1) is 41.4. The number of aryl methyl sites for hydroxylation is 3. The summed E-state index contributed by atoms with van der Waals surface area (Å²) in [5, 5.41) is 3.76. The highest BCUT2D eigenvalue weighted by Gasteiger charge is 2.48. The molecule has 0 aliphatic carbocycles. The van der Waals surface area contributed by atoms with Gasteiger partial charge >= 0.3 is 0 Å². The third kappa shape index (κ3) is 6.58. The molecule has 14 rings (SSSR count). The topological polar surface area (TPSA) is 31.0 Å². The molecule has 5 nitrogen and oxygen atoms in total. The van der Waals surface area contributed by atoms with Crippen molar-refractivity contribution in [1.29, 1.82) is 0 Å². The number of anilines is 11. The first-order chi connectivity index (χ1) is 34.9. The van der Waals surface area contributed by atoms with Crippen LogP contribution in [0.4, 0.5) is 62.6 Å². The molecule has 4 heterocycles. The number of ether oxygens (including phenoxy) is 1. The van der Waals surface area contributed by atoms with Crippen LogP contribution in [0.5, 0.6) is 11.5 Å². The van der Waals surface area contributed by atoms with E-state index < -0.39 is 0 Å². The molecule has 1 radical (unpaired) electrons. The monoisotopic (exact) mass is 907 g/mol. The highest BCUT2D eigenvalue weighted by molar-refractivity contribution is 7.02. The number of benzene rings is 10. The van der Waals surface area contributed by atoms with Gasteiger partial charge in [-0.2, -0.15) is 0 Å². The quantitative estimate of drug-likeness (QED) is 0.161. The smallest absolute Gasteiger partial charge is 0.256 e. The van der Waals surface area contributed by atoms with Crippen molar-refractivity contribution in [3.63, 3.8) is 0 Å². The van der Waals surface area contributed by atoms with Crippen LogP contribution in [-0.2, 0) is 0 Å². The van der Waals surface area contributed by atoms with Gasteiger partial charge in [-0.15, -0.1) is 0 Å². The third-order valence-electron chi connectivity index (χ3n) is 15.0. The van der Waals surface area contributed by atoms with Gasteiger partial charge in [0.25, 0.3) is 13.4 Å². The average Bonchev–Trinajstić information content (AvgIpc) is 3.40. The van der Waals surface area contributed by atoms with Crippen LogP contribution in [0, 0.1) is 20.8 Å². The highest BCUT2D eigenvalue weighted by atomic mass is 16.5. The number of rotatable bonds is 7. The van der Waals surface area contributed by atoms with E-state index in [0.717, 1.165) is 62.2 Å². The fraction of sp³-hybridized carbons (Fsp3) is 0.0476. The molecule has 10 aromatic rings. The summed E-state index contributed by atoms with van der Waals surface area (Å²) in [7, 11) is 2.34. The van der Waals surface area contributed by atoms with Gasteiger partial charge in [0.05, 0.1) is 0 Å². The molecule has 0 unspecified atom stereocenters. The van der Waals surface area contributed by atoms with Crippen LogP contribution < -0.4 is 68.5 Å². The molecule has 0 atom stereocenters. The Morgan fingerprint density at radius 3 is 1.54 bits per heavy atom. The molecular weight excluding hydrogens is 861 g/mol. The summed E-state index contributed by atoms with van der Waals surface area (Å²) in [6.07, 6.45) is 0. The van der Waals surface area contributed by atoms with Gasteiger partial charge in [0, 0.05) is 68.6 Å². The van der Waals surface area contributed by atoms with Crippen molar-refractivity contribution in [3.05, 3.63) is 235 Å². The Kier molecular flexibility index (Phi) is 9.47. The van der Waals surface area contributed by atoms with Gasteiger partial charge in [0.1, 0.15) is 11.5 Å². The summed E-state index contributed by atoms with van der Waals surface area (Å²) in [6.45, 7) is 6.43. The van der Waals surface area contributed by atoms with Crippen molar-refractivity contribution < 1.29 is 4.74 Å². The molecule has 71 heavy (non-hydrogen) atoms. The predicted octanol–water partition coefficient (Wildman–Crippen LogP) is 10.5. The Balaban J connectivity index is 1.08. The van der Waals surface area contributed by atoms with E-state index in [9.17, 15) is 0 Å². The molecule has 8 heteroatoms. The summed E-state index contributed by atoms with van der Waals surface area (Å²) < 4.78 is 7.23. The lowest BCUT2D eigenvalue weighted by molar-refractivity contribution is 0.487. The molecule has 0 bridgehead atoms. The maximum atomic E-state index is 7.23. The van der Waals surface area contributed by atoms with E-state index >= 15 is 0 Å². The van der Waals surface area contributed by atoms with E-state index in [1.807, 2.05) is 0 Å². The van der Waals surface area contributed by atoms with E-state index in [2.05, 4.69) is 266 Å². The number of para-hydroxylation sites is 5. The van der Waals surface area contributed by atoms with Gasteiger partial charge in [-0.05, 0) is 144 Å². The van der Waals surface area contributed by atoms with Gasteiger partial charge in [0.2, 0.25) is 0 Å². The van der Waals surface area contributed by atoms with E-state index in [-0.39, 0.29) is 13.4 Å². The standard InChI is InChI=1S/C63H46B3N4O/c1-40-32-57-62-58(33-40)69(46-25-12-6-13-26-46)55-39-56-52(38-51(55)65(62)50-30-18-19-31-54(50)68(57)45-23-10-5-11-24-45)66-53-37-49(64-48-29-17-16-20-41(48)2)42(3)34-60(53)71-61-36-44(67-43-21-8-4-9-22-43)35-59(63(61)66)70(56)47-27-14-7-15-28-47/h4-39,67H,1-3H3. The first-order valence-corrected chi connectivity index (χ1v) is 24.6. The molecule has 4 aliphatic rings. The molecule has 333 valence electrons. The Morgan fingerprint density at radius 2 is 0.901 bits per heavy atom. The lowest BCUT2D eigenvalue weighted by Gasteiger charge is -2.46. The van der Waals surface area contributed by atoms with Crippen molar-refractivity contribution in [3.8, 4) is 11.5 Å². The van der Waals surface area contributed by atoms with Gasteiger partial charge in [0.15, 0.2) is 7.28 Å². The molecule has 4 aliphatic heterocycles. The van der Waals surface area contributed by atoms with Crippen LogP contribution in [0.2, 0.25) is 0 Å². The van der Waals surface area contributed by atoms with Gasteiger partial charge in [-0.1, -0.05) is 149 Å². The molecule has 0 fully saturated rings. The lowest BCUT2D eigenvalue weighted by Crippen LogP contribution is -2.65. The average molecular weight is 908 g/mol. The van der Waals surface area contributed by atoms with Crippen LogP contribution in [0.3, 0.4) is 0 Å². The minimum Gasteiger partial charge on any atom is -0.458 e. The van der Waals surface area contributed by atoms with E-state index in [1.54, 1.807) is 0 Å². The molecule has 0 amide bonds. The van der Waals surface area contributed by atoms with Crippen molar-refractivity contribution in [2.45, 2.75) is 20.8 Å². The largest absolute Gasteiger partial charge is 0.458 e. The molecule has 10 aromatic carbocycles. The summed E-state index contributed by atoms with van der Waals surface area (Å²) in [5.74, 6) is 1.74. The minimum absolute atomic E-state index is 0.0530. The fourth-order valence-corrected chi connectivity index (χ4v) is 11.9. The maximum Gasteiger partial charge on any atom is 0.256 e.